The third-order valence-electron chi connectivity index (χ3n) is 4.85. The summed E-state index contributed by atoms with van der Waals surface area (Å²) in [6.07, 6.45) is -4.10. The van der Waals surface area contributed by atoms with Gasteiger partial charge in [0.15, 0.2) is 0 Å². The topological polar surface area (TPSA) is 105 Å². The van der Waals surface area contributed by atoms with E-state index in [0.717, 1.165) is 44.1 Å². The summed E-state index contributed by atoms with van der Waals surface area (Å²) >= 11 is 0. The molecule has 2 aromatic rings. The molecule has 0 aliphatic carbocycles. The van der Waals surface area contributed by atoms with Crippen molar-refractivity contribution in [2.24, 2.45) is 5.16 Å². The number of carboxylic acids is 1. The van der Waals surface area contributed by atoms with Gasteiger partial charge in [0.05, 0.1) is 11.3 Å². The minimum absolute atomic E-state index is 0.112. The lowest BCUT2D eigenvalue weighted by molar-refractivity contribution is -0.199. The van der Waals surface area contributed by atoms with Gasteiger partial charge in [0.2, 0.25) is 0 Å². The van der Waals surface area contributed by atoms with E-state index in [1.165, 1.54) is 6.07 Å². The van der Waals surface area contributed by atoms with Gasteiger partial charge in [-0.3, -0.25) is 4.98 Å². The number of anilines is 1. The number of nitrogens with zero attached hydrogens (tertiary/aromatic N) is 4. The Bertz CT molecular complexity index is 1020. The Labute approximate surface area is 187 Å². The second kappa shape index (κ2) is 10.3. The largest absolute Gasteiger partial charge is 0.493 e. The number of piperazine rings is 1. The Morgan fingerprint density at radius 3 is 2.39 bits per heavy atom. The number of hydrogen-bond donors (Lipinski definition) is 1. The van der Waals surface area contributed by atoms with Crippen LogP contribution in [0, 0.1) is 0 Å². The molecule has 0 radical (unpaired) electrons. The van der Waals surface area contributed by atoms with Crippen LogP contribution in [-0.2, 0) is 9.63 Å². The second-order valence-electron chi connectivity index (χ2n) is 7.22. The Hall–Kier alpha value is -3.67. The molecule has 0 amide bonds. The van der Waals surface area contributed by atoms with E-state index in [9.17, 15) is 22.8 Å². The van der Waals surface area contributed by atoms with Gasteiger partial charge in [0.1, 0.15) is 18.1 Å². The first-order valence-corrected chi connectivity index (χ1v) is 9.84. The fourth-order valence-electron chi connectivity index (χ4n) is 2.99. The summed E-state index contributed by atoms with van der Waals surface area (Å²) in [5.41, 5.74) is 0.420. The van der Waals surface area contributed by atoms with Gasteiger partial charge in [-0.2, -0.15) is 13.2 Å². The molecule has 0 spiro atoms. The van der Waals surface area contributed by atoms with Crippen LogP contribution in [0.25, 0.3) is 0 Å². The Morgan fingerprint density at radius 2 is 1.79 bits per heavy atom. The molecule has 3 rings (SSSR count). The third kappa shape index (κ3) is 6.65. The van der Waals surface area contributed by atoms with Gasteiger partial charge in [-0.1, -0.05) is 5.16 Å². The maximum Gasteiger partial charge on any atom is 0.493 e. The summed E-state index contributed by atoms with van der Waals surface area (Å²) in [4.78, 5) is 34.5. The Morgan fingerprint density at radius 1 is 1.12 bits per heavy atom. The molecule has 0 atom stereocenters. The summed E-state index contributed by atoms with van der Waals surface area (Å²) in [5.74, 6) is -3.41. The van der Waals surface area contributed by atoms with Crippen molar-refractivity contribution >= 4 is 23.3 Å². The lowest BCUT2D eigenvalue weighted by Crippen LogP contribution is -2.44. The van der Waals surface area contributed by atoms with Crippen LogP contribution in [0.15, 0.2) is 47.8 Å². The van der Waals surface area contributed by atoms with E-state index in [1.807, 2.05) is 12.1 Å². The fourth-order valence-corrected chi connectivity index (χ4v) is 2.99. The van der Waals surface area contributed by atoms with E-state index in [-0.39, 0.29) is 17.0 Å². The first-order valence-electron chi connectivity index (χ1n) is 9.84. The zero-order valence-corrected chi connectivity index (χ0v) is 17.6. The highest BCUT2D eigenvalue weighted by Crippen LogP contribution is 2.21. The van der Waals surface area contributed by atoms with Crippen LogP contribution in [0.3, 0.4) is 0 Å². The van der Waals surface area contributed by atoms with E-state index < -0.39 is 24.7 Å². The fraction of sp³-hybridized carbons (Fsp3) is 0.333. The molecule has 1 N–H and O–H groups in total. The van der Waals surface area contributed by atoms with Crippen molar-refractivity contribution in [1.29, 1.82) is 0 Å². The zero-order valence-electron chi connectivity index (χ0n) is 17.6. The molecule has 1 saturated heterocycles. The quantitative estimate of drug-likeness (QED) is 0.377. The maximum atomic E-state index is 12.5. The van der Waals surface area contributed by atoms with Crippen molar-refractivity contribution in [2.75, 3.05) is 44.7 Å². The molecule has 2 heterocycles. The molecule has 1 aliphatic rings. The van der Waals surface area contributed by atoms with Gasteiger partial charge in [-0.05, 0) is 43.4 Å². The van der Waals surface area contributed by atoms with Gasteiger partial charge in [0.25, 0.3) is 0 Å². The molecule has 9 nitrogen and oxygen atoms in total. The van der Waals surface area contributed by atoms with Crippen LogP contribution < -0.4 is 9.64 Å². The Kier molecular flexibility index (Phi) is 7.48. The van der Waals surface area contributed by atoms with Crippen LogP contribution >= 0.6 is 0 Å². The predicted octanol–water partition coefficient (Wildman–Crippen LogP) is 2.42. The number of carbonyl (C=O) groups excluding carboxylic acids is 1. The lowest BCUT2D eigenvalue weighted by Gasteiger charge is -2.34. The summed E-state index contributed by atoms with van der Waals surface area (Å²) < 4.78 is 43.0. The number of likely N-dealkylation sites (N-methyl/N-ethyl adjacent to an activating group) is 1. The molecule has 1 fully saturated rings. The summed E-state index contributed by atoms with van der Waals surface area (Å²) in [7, 11) is 2.06. The molecule has 176 valence electrons. The van der Waals surface area contributed by atoms with Gasteiger partial charge < -0.3 is 24.5 Å². The molecule has 1 aliphatic heterocycles. The summed E-state index contributed by atoms with van der Waals surface area (Å²) in [6.45, 7) is 3.22. The number of benzene rings is 1. The lowest BCUT2D eigenvalue weighted by atomic mass is 10.2. The van der Waals surface area contributed by atoms with E-state index in [4.69, 9.17) is 9.84 Å². The van der Waals surface area contributed by atoms with Crippen LogP contribution in [-0.4, -0.2) is 78.7 Å². The SMILES string of the molecule is CN1CCN(c2ccc(OC/C(=N\OC(=O)C(F)(F)F)c3cc(C(=O)O)ccn3)cc2)CC1. The third-order valence-corrected chi connectivity index (χ3v) is 4.85. The number of rotatable bonds is 7. The number of halogens is 3. The molecule has 33 heavy (non-hydrogen) atoms. The number of aromatic carboxylic acids is 1. The van der Waals surface area contributed by atoms with Gasteiger partial charge >= 0.3 is 18.1 Å². The average molecular weight is 466 g/mol. The second-order valence-corrected chi connectivity index (χ2v) is 7.22. The highest BCUT2D eigenvalue weighted by atomic mass is 19.4. The molecular weight excluding hydrogens is 445 g/mol. The van der Waals surface area contributed by atoms with E-state index >= 15 is 0 Å². The molecule has 12 heteroatoms. The Balaban J connectivity index is 1.74. The number of alkyl halides is 3. The number of oxime groups is 1. The van der Waals surface area contributed by atoms with Crippen LogP contribution in [0.1, 0.15) is 16.1 Å². The first kappa shape index (κ1) is 24.0. The first-order chi connectivity index (χ1) is 15.6. The van der Waals surface area contributed by atoms with E-state index in [0.29, 0.717) is 5.75 Å². The zero-order chi connectivity index (χ0) is 24.0. The molecule has 0 saturated carbocycles. The van der Waals surface area contributed by atoms with Crippen molar-refractivity contribution < 1.29 is 37.4 Å². The highest BCUT2D eigenvalue weighted by Gasteiger charge is 2.41. The number of carboxylic acid groups (broad SMARTS) is 1. The molecule has 1 aromatic heterocycles. The minimum atomic E-state index is -5.25. The van der Waals surface area contributed by atoms with Crippen molar-refractivity contribution in [1.82, 2.24) is 9.88 Å². The van der Waals surface area contributed by atoms with E-state index in [2.05, 4.69) is 31.8 Å². The van der Waals surface area contributed by atoms with Crippen molar-refractivity contribution in [3.63, 3.8) is 0 Å². The summed E-state index contributed by atoms with van der Waals surface area (Å²) in [5, 5.41) is 12.4. The van der Waals surface area contributed by atoms with Crippen molar-refractivity contribution in [2.45, 2.75) is 6.18 Å². The number of carbonyl (C=O) groups is 2. The smallest absolute Gasteiger partial charge is 0.487 e. The standard InChI is InChI=1S/C21H21F3N4O5/c1-27-8-10-28(11-9-27)15-2-4-16(5-3-15)32-13-18(26-33-20(31)21(22,23)24)17-12-14(19(29)30)6-7-25-17/h2-7,12H,8-11,13H2,1H3,(H,29,30)/b26-18+. The summed E-state index contributed by atoms with van der Waals surface area (Å²) in [6, 6.07) is 9.36. The average Bonchev–Trinajstić information content (AvgIpc) is 2.79. The van der Waals surface area contributed by atoms with Crippen LogP contribution in [0.5, 0.6) is 5.75 Å². The molecular formula is C21H21F3N4O5. The van der Waals surface area contributed by atoms with Crippen LogP contribution in [0.4, 0.5) is 18.9 Å². The van der Waals surface area contributed by atoms with Gasteiger partial charge in [-0.25, -0.2) is 9.59 Å². The number of hydrogen-bond acceptors (Lipinski definition) is 8. The minimum Gasteiger partial charge on any atom is -0.487 e. The van der Waals surface area contributed by atoms with Gasteiger partial charge in [-0.15, -0.1) is 0 Å². The van der Waals surface area contributed by atoms with Crippen molar-refractivity contribution in [3.05, 3.63) is 53.9 Å². The van der Waals surface area contributed by atoms with Crippen molar-refractivity contribution in [3.8, 4) is 5.75 Å². The molecule has 0 bridgehead atoms. The predicted molar refractivity (Wildman–Crippen MR) is 112 cm³/mol. The normalized spacial score (nSPS) is 15.3. The number of ether oxygens (including phenoxy) is 1. The number of aromatic nitrogens is 1. The monoisotopic (exact) mass is 466 g/mol. The highest BCUT2D eigenvalue weighted by molar-refractivity contribution is 6.01. The number of pyridine rings is 1. The molecule has 1 aromatic carbocycles. The van der Waals surface area contributed by atoms with Crippen LogP contribution in [0.2, 0.25) is 0 Å². The van der Waals surface area contributed by atoms with Gasteiger partial charge in [0, 0.05) is 38.1 Å². The van der Waals surface area contributed by atoms with E-state index in [1.54, 1.807) is 12.1 Å². The molecule has 0 unspecified atom stereocenters. The maximum absolute atomic E-state index is 12.5.